The summed E-state index contributed by atoms with van der Waals surface area (Å²) in [6, 6.07) is 7.03. The van der Waals surface area contributed by atoms with Crippen molar-refractivity contribution in [3.8, 4) is 5.75 Å². The Morgan fingerprint density at radius 3 is 2.81 bits per heavy atom. The van der Waals surface area contributed by atoms with Gasteiger partial charge in [0.15, 0.2) is 0 Å². The fraction of sp³-hybridized carbons (Fsp3) is 0.562. The molecule has 1 unspecified atom stereocenters. The molecule has 0 aromatic heterocycles. The van der Waals surface area contributed by atoms with Crippen LogP contribution in [0, 0.1) is 5.92 Å². The highest BCUT2D eigenvalue weighted by Crippen LogP contribution is 2.17. The number of anilines is 1. The number of carbonyl (C=O) groups excluding carboxylic acids is 1. The summed E-state index contributed by atoms with van der Waals surface area (Å²) in [6.07, 6.45) is 0.887. The summed E-state index contributed by atoms with van der Waals surface area (Å²) in [5.41, 5.74) is 0.685. The van der Waals surface area contributed by atoms with E-state index in [1.807, 2.05) is 25.1 Å². The second-order valence-electron chi connectivity index (χ2n) is 5.46. The van der Waals surface area contributed by atoms with Crippen molar-refractivity contribution in [2.75, 3.05) is 18.5 Å². The van der Waals surface area contributed by atoms with Crippen molar-refractivity contribution in [1.82, 2.24) is 5.32 Å². The summed E-state index contributed by atoms with van der Waals surface area (Å²) in [5, 5.41) is 14.9. The van der Waals surface area contributed by atoms with Crippen molar-refractivity contribution in [3.05, 3.63) is 24.3 Å². The highest BCUT2D eigenvalue weighted by atomic mass is 16.5. The highest BCUT2D eigenvalue weighted by molar-refractivity contribution is 5.89. The molecule has 0 saturated carbocycles. The fourth-order valence-electron chi connectivity index (χ4n) is 1.66. The number of aliphatic hydroxyl groups is 1. The van der Waals surface area contributed by atoms with Gasteiger partial charge in [0, 0.05) is 18.3 Å². The van der Waals surface area contributed by atoms with E-state index in [1.54, 1.807) is 6.07 Å². The van der Waals surface area contributed by atoms with Crippen LogP contribution in [0.3, 0.4) is 0 Å². The molecule has 3 N–H and O–H groups in total. The molecule has 0 spiro atoms. The van der Waals surface area contributed by atoms with Crippen molar-refractivity contribution in [2.45, 2.75) is 39.7 Å². The maximum atomic E-state index is 11.7. The molecular weight excluding hydrogens is 268 g/mol. The Hall–Kier alpha value is -1.75. The number of aliphatic hydroxyl groups excluding tert-OH is 1. The Kier molecular flexibility index (Phi) is 7.61. The molecule has 1 aromatic carbocycles. The molecule has 1 rings (SSSR count). The van der Waals surface area contributed by atoms with E-state index in [-0.39, 0.29) is 12.1 Å². The van der Waals surface area contributed by atoms with Gasteiger partial charge in [0.1, 0.15) is 5.75 Å². The van der Waals surface area contributed by atoms with E-state index in [4.69, 9.17) is 4.74 Å². The summed E-state index contributed by atoms with van der Waals surface area (Å²) >= 11 is 0. The first kappa shape index (κ1) is 17.3. The van der Waals surface area contributed by atoms with Gasteiger partial charge in [-0.25, -0.2) is 4.79 Å². The second-order valence-corrected chi connectivity index (χ2v) is 5.46. The number of ether oxygens (including phenoxy) is 1. The summed E-state index contributed by atoms with van der Waals surface area (Å²) in [6.45, 7) is 7.17. The van der Waals surface area contributed by atoms with Gasteiger partial charge in [0.05, 0.1) is 12.7 Å². The van der Waals surface area contributed by atoms with E-state index in [1.165, 1.54) is 0 Å². The molecule has 5 heteroatoms. The zero-order chi connectivity index (χ0) is 15.7. The Morgan fingerprint density at radius 2 is 2.14 bits per heavy atom. The molecule has 0 aliphatic rings. The van der Waals surface area contributed by atoms with Crippen molar-refractivity contribution in [1.29, 1.82) is 0 Å². The minimum atomic E-state index is -0.363. The van der Waals surface area contributed by atoms with Crippen LogP contribution in [-0.4, -0.2) is 30.4 Å². The normalized spacial score (nSPS) is 12.0. The number of rotatable bonds is 8. The molecule has 0 aliphatic heterocycles. The summed E-state index contributed by atoms with van der Waals surface area (Å²) in [4.78, 5) is 11.7. The van der Waals surface area contributed by atoms with Gasteiger partial charge in [-0.3, -0.25) is 0 Å². The maximum absolute atomic E-state index is 11.7. The lowest BCUT2D eigenvalue weighted by Gasteiger charge is -2.12. The molecule has 118 valence electrons. The lowest BCUT2D eigenvalue weighted by atomic mass is 10.2. The number of urea groups is 1. The van der Waals surface area contributed by atoms with Crippen LogP contribution in [0.25, 0.3) is 0 Å². The predicted octanol–water partition coefficient (Wildman–Crippen LogP) is 3.00. The van der Waals surface area contributed by atoms with E-state index >= 15 is 0 Å². The van der Waals surface area contributed by atoms with Gasteiger partial charge < -0.3 is 20.5 Å². The molecule has 0 radical (unpaired) electrons. The minimum Gasteiger partial charge on any atom is -0.493 e. The van der Waals surface area contributed by atoms with E-state index in [9.17, 15) is 9.90 Å². The lowest BCUT2D eigenvalue weighted by molar-refractivity contribution is 0.160. The van der Waals surface area contributed by atoms with Crippen LogP contribution < -0.4 is 15.4 Å². The van der Waals surface area contributed by atoms with Crippen LogP contribution in [0.1, 0.15) is 33.6 Å². The van der Waals surface area contributed by atoms with E-state index in [0.717, 1.165) is 5.75 Å². The zero-order valence-electron chi connectivity index (χ0n) is 13.1. The Balaban J connectivity index is 2.39. The molecular formula is C16H26N2O3. The Morgan fingerprint density at radius 1 is 1.38 bits per heavy atom. The Bertz CT molecular complexity index is 435. The van der Waals surface area contributed by atoms with Gasteiger partial charge in [-0.2, -0.15) is 0 Å². The molecule has 1 aromatic rings. The quantitative estimate of drug-likeness (QED) is 0.690. The van der Waals surface area contributed by atoms with Crippen LogP contribution in [0.5, 0.6) is 5.75 Å². The number of carbonyl (C=O) groups is 1. The monoisotopic (exact) mass is 294 g/mol. The van der Waals surface area contributed by atoms with Crippen molar-refractivity contribution < 1.29 is 14.6 Å². The molecule has 0 fully saturated rings. The number of benzene rings is 1. The van der Waals surface area contributed by atoms with Crippen LogP contribution >= 0.6 is 0 Å². The van der Waals surface area contributed by atoms with Crippen molar-refractivity contribution in [2.24, 2.45) is 5.92 Å². The van der Waals surface area contributed by atoms with Crippen LogP contribution in [-0.2, 0) is 0 Å². The SMILES string of the molecule is CCC(O)CCNC(=O)Nc1cccc(OCC(C)C)c1. The first-order chi connectivity index (χ1) is 10.0. The van der Waals surface area contributed by atoms with Gasteiger partial charge in [0.25, 0.3) is 0 Å². The first-order valence-electron chi connectivity index (χ1n) is 7.47. The number of hydrogen-bond donors (Lipinski definition) is 3. The Labute approximate surface area is 126 Å². The fourth-order valence-corrected chi connectivity index (χ4v) is 1.66. The van der Waals surface area contributed by atoms with E-state index in [2.05, 4.69) is 24.5 Å². The molecule has 0 heterocycles. The third-order valence-corrected chi connectivity index (χ3v) is 2.91. The average Bonchev–Trinajstić information content (AvgIpc) is 2.45. The van der Waals surface area contributed by atoms with Crippen LogP contribution in [0.4, 0.5) is 10.5 Å². The molecule has 1 atom stereocenters. The molecule has 2 amide bonds. The van der Waals surface area contributed by atoms with Gasteiger partial charge in [-0.1, -0.05) is 26.8 Å². The average molecular weight is 294 g/mol. The predicted molar refractivity (Wildman–Crippen MR) is 84.7 cm³/mol. The van der Waals surface area contributed by atoms with Gasteiger partial charge in [0.2, 0.25) is 0 Å². The largest absolute Gasteiger partial charge is 0.493 e. The number of nitrogens with one attached hydrogen (secondary N) is 2. The third kappa shape index (κ3) is 7.56. The van der Waals surface area contributed by atoms with Crippen LogP contribution in [0.2, 0.25) is 0 Å². The van der Waals surface area contributed by atoms with Gasteiger partial charge in [-0.05, 0) is 30.9 Å². The molecule has 0 saturated heterocycles. The molecule has 0 bridgehead atoms. The minimum absolute atomic E-state index is 0.278. The number of hydrogen-bond acceptors (Lipinski definition) is 3. The standard InChI is InChI=1S/C16H26N2O3/c1-4-14(19)8-9-17-16(20)18-13-6-5-7-15(10-13)21-11-12(2)3/h5-7,10,12,14,19H,4,8-9,11H2,1-3H3,(H2,17,18,20). The topological polar surface area (TPSA) is 70.6 Å². The molecule has 5 nitrogen and oxygen atoms in total. The number of amides is 2. The second kappa shape index (κ2) is 9.23. The maximum Gasteiger partial charge on any atom is 0.319 e. The first-order valence-corrected chi connectivity index (χ1v) is 7.47. The summed E-state index contributed by atoms with van der Waals surface area (Å²) in [7, 11) is 0. The smallest absolute Gasteiger partial charge is 0.319 e. The van der Waals surface area contributed by atoms with Crippen LogP contribution in [0.15, 0.2) is 24.3 Å². The summed E-state index contributed by atoms with van der Waals surface area (Å²) < 4.78 is 5.61. The van der Waals surface area contributed by atoms with E-state index < -0.39 is 0 Å². The zero-order valence-corrected chi connectivity index (χ0v) is 13.1. The van der Waals surface area contributed by atoms with E-state index in [0.29, 0.717) is 37.6 Å². The molecule has 21 heavy (non-hydrogen) atoms. The van der Waals surface area contributed by atoms with Gasteiger partial charge >= 0.3 is 6.03 Å². The van der Waals surface area contributed by atoms with Gasteiger partial charge in [-0.15, -0.1) is 0 Å². The lowest BCUT2D eigenvalue weighted by Crippen LogP contribution is -2.31. The van der Waals surface area contributed by atoms with Crippen molar-refractivity contribution >= 4 is 11.7 Å². The third-order valence-electron chi connectivity index (χ3n) is 2.91. The highest BCUT2D eigenvalue weighted by Gasteiger charge is 2.05. The molecule has 0 aliphatic carbocycles. The van der Waals surface area contributed by atoms with Crippen molar-refractivity contribution in [3.63, 3.8) is 0 Å². The summed E-state index contributed by atoms with van der Waals surface area (Å²) in [5.74, 6) is 1.19.